The molecule has 16 heavy (non-hydrogen) atoms. The fourth-order valence-electron chi connectivity index (χ4n) is 1.26. The Kier molecular flexibility index (Phi) is 3.74. The van der Waals surface area contributed by atoms with Crippen LogP contribution in [0.15, 0.2) is 0 Å². The van der Waals surface area contributed by atoms with Crippen molar-refractivity contribution in [1.82, 2.24) is 4.90 Å². The van der Waals surface area contributed by atoms with Crippen LogP contribution >= 0.6 is 0 Å². The molecule has 0 radical (unpaired) electrons. The molecule has 6 heteroatoms. The standard InChI is InChI=1S/C10H17NO5/c1-10(2,3)16-9(13)11-6-15-8(12)7(11)5-14-4/h7H,5-6H2,1-4H3. The summed E-state index contributed by atoms with van der Waals surface area (Å²) in [6.07, 6.45) is -0.569. The molecule has 6 nitrogen and oxygen atoms in total. The largest absolute Gasteiger partial charge is 0.444 e. The van der Waals surface area contributed by atoms with E-state index in [1.807, 2.05) is 0 Å². The van der Waals surface area contributed by atoms with Crippen LogP contribution in [0.5, 0.6) is 0 Å². The summed E-state index contributed by atoms with van der Waals surface area (Å²) in [4.78, 5) is 24.2. The third kappa shape index (κ3) is 3.10. The minimum Gasteiger partial charge on any atom is -0.444 e. The molecule has 1 rings (SSSR count). The third-order valence-corrected chi connectivity index (χ3v) is 1.95. The number of hydrogen-bond donors (Lipinski definition) is 0. The SMILES string of the molecule is COCC1C(=O)OCN1C(=O)OC(C)(C)C. The number of methoxy groups -OCH3 is 1. The number of amides is 1. The van der Waals surface area contributed by atoms with E-state index in [0.29, 0.717) is 0 Å². The van der Waals surface area contributed by atoms with E-state index in [-0.39, 0.29) is 13.3 Å². The monoisotopic (exact) mass is 231 g/mol. The molecule has 92 valence electrons. The Morgan fingerprint density at radius 2 is 2.19 bits per heavy atom. The number of rotatable bonds is 2. The van der Waals surface area contributed by atoms with Crippen molar-refractivity contribution >= 4 is 12.1 Å². The predicted octanol–water partition coefficient (Wildman–Crippen LogP) is 0.753. The van der Waals surface area contributed by atoms with E-state index in [0.717, 1.165) is 0 Å². The van der Waals surface area contributed by atoms with E-state index < -0.39 is 23.7 Å². The predicted molar refractivity (Wildman–Crippen MR) is 54.7 cm³/mol. The fraction of sp³-hybridized carbons (Fsp3) is 0.800. The molecule has 0 spiro atoms. The maximum absolute atomic E-state index is 11.7. The molecule has 1 fully saturated rings. The summed E-state index contributed by atoms with van der Waals surface area (Å²) in [7, 11) is 1.46. The smallest absolute Gasteiger partial charge is 0.413 e. The molecular weight excluding hydrogens is 214 g/mol. The van der Waals surface area contributed by atoms with Crippen LogP contribution in [0.4, 0.5) is 4.79 Å². The molecule has 1 heterocycles. The van der Waals surface area contributed by atoms with Crippen molar-refractivity contribution in [1.29, 1.82) is 0 Å². The highest BCUT2D eigenvalue weighted by atomic mass is 16.6. The Bertz CT molecular complexity index is 283. The summed E-state index contributed by atoms with van der Waals surface area (Å²) in [5, 5.41) is 0. The van der Waals surface area contributed by atoms with Gasteiger partial charge >= 0.3 is 12.1 Å². The van der Waals surface area contributed by atoms with Crippen molar-refractivity contribution < 1.29 is 23.8 Å². The van der Waals surface area contributed by atoms with Crippen molar-refractivity contribution in [2.24, 2.45) is 0 Å². The molecule has 1 saturated heterocycles. The van der Waals surface area contributed by atoms with Gasteiger partial charge in [-0.15, -0.1) is 0 Å². The highest BCUT2D eigenvalue weighted by Gasteiger charge is 2.39. The first-order chi connectivity index (χ1) is 7.35. The number of ether oxygens (including phenoxy) is 3. The molecule has 1 aliphatic rings. The van der Waals surface area contributed by atoms with Gasteiger partial charge in [0.15, 0.2) is 12.8 Å². The minimum absolute atomic E-state index is 0.0816. The van der Waals surface area contributed by atoms with E-state index in [2.05, 4.69) is 0 Å². The maximum Gasteiger partial charge on any atom is 0.413 e. The van der Waals surface area contributed by atoms with E-state index in [4.69, 9.17) is 14.2 Å². The minimum atomic E-state index is -0.708. The quantitative estimate of drug-likeness (QED) is 0.656. The summed E-state index contributed by atoms with van der Waals surface area (Å²) in [6, 6.07) is -0.708. The van der Waals surface area contributed by atoms with E-state index in [1.165, 1.54) is 12.0 Å². The Morgan fingerprint density at radius 3 is 2.69 bits per heavy atom. The molecule has 0 N–H and O–H groups in total. The number of nitrogens with zero attached hydrogens (tertiary/aromatic N) is 1. The van der Waals surface area contributed by atoms with Crippen LogP contribution in [-0.4, -0.2) is 49.1 Å². The van der Waals surface area contributed by atoms with Crippen molar-refractivity contribution in [2.45, 2.75) is 32.4 Å². The van der Waals surface area contributed by atoms with Gasteiger partial charge in [-0.25, -0.2) is 9.59 Å². The van der Waals surface area contributed by atoms with Gasteiger partial charge in [0.05, 0.1) is 6.61 Å². The molecule has 0 aromatic carbocycles. The molecule has 0 aromatic heterocycles. The van der Waals surface area contributed by atoms with Gasteiger partial charge in [-0.05, 0) is 20.8 Å². The Hall–Kier alpha value is -1.30. The van der Waals surface area contributed by atoms with Gasteiger partial charge in [0, 0.05) is 7.11 Å². The van der Waals surface area contributed by atoms with E-state index >= 15 is 0 Å². The fourth-order valence-corrected chi connectivity index (χ4v) is 1.26. The summed E-state index contributed by atoms with van der Waals surface area (Å²) in [5.41, 5.74) is -0.597. The number of carbonyl (C=O) groups excluding carboxylic acids is 2. The third-order valence-electron chi connectivity index (χ3n) is 1.95. The summed E-state index contributed by atoms with van der Waals surface area (Å²) in [5.74, 6) is -0.465. The summed E-state index contributed by atoms with van der Waals surface area (Å²) < 4.78 is 14.8. The molecule has 0 saturated carbocycles. The van der Waals surface area contributed by atoms with Crippen molar-refractivity contribution in [2.75, 3.05) is 20.4 Å². The zero-order chi connectivity index (χ0) is 12.3. The highest BCUT2D eigenvalue weighted by Crippen LogP contribution is 2.16. The second-order valence-corrected chi connectivity index (χ2v) is 4.51. The zero-order valence-electron chi connectivity index (χ0n) is 9.98. The van der Waals surface area contributed by atoms with Crippen LogP contribution in [0, 0.1) is 0 Å². The second-order valence-electron chi connectivity index (χ2n) is 4.51. The second kappa shape index (κ2) is 4.69. The lowest BCUT2D eigenvalue weighted by Crippen LogP contribution is -2.43. The Labute approximate surface area is 94.4 Å². The van der Waals surface area contributed by atoms with Gasteiger partial charge < -0.3 is 14.2 Å². The molecule has 1 atom stereocenters. The van der Waals surface area contributed by atoms with Gasteiger partial charge in [-0.2, -0.15) is 0 Å². The van der Waals surface area contributed by atoms with Gasteiger partial charge in [-0.3, -0.25) is 4.90 Å². The lowest BCUT2D eigenvalue weighted by molar-refractivity contribution is -0.140. The first-order valence-corrected chi connectivity index (χ1v) is 5.00. The topological polar surface area (TPSA) is 65.1 Å². The molecule has 0 aromatic rings. The average molecular weight is 231 g/mol. The number of cyclic esters (lactones) is 1. The van der Waals surface area contributed by atoms with E-state index in [1.54, 1.807) is 20.8 Å². The van der Waals surface area contributed by atoms with Crippen LogP contribution in [-0.2, 0) is 19.0 Å². The van der Waals surface area contributed by atoms with Crippen LogP contribution < -0.4 is 0 Å². The van der Waals surface area contributed by atoms with E-state index in [9.17, 15) is 9.59 Å². The Morgan fingerprint density at radius 1 is 1.56 bits per heavy atom. The molecule has 0 bridgehead atoms. The van der Waals surface area contributed by atoms with Crippen LogP contribution in [0.3, 0.4) is 0 Å². The number of carbonyl (C=O) groups is 2. The van der Waals surface area contributed by atoms with Gasteiger partial charge in [0.25, 0.3) is 0 Å². The first-order valence-electron chi connectivity index (χ1n) is 5.00. The molecular formula is C10H17NO5. The van der Waals surface area contributed by atoms with Crippen molar-refractivity contribution in [3.05, 3.63) is 0 Å². The summed E-state index contributed by atoms with van der Waals surface area (Å²) >= 11 is 0. The van der Waals surface area contributed by atoms with Crippen LogP contribution in [0.2, 0.25) is 0 Å². The number of hydrogen-bond acceptors (Lipinski definition) is 5. The van der Waals surface area contributed by atoms with Gasteiger partial charge in [0.1, 0.15) is 5.60 Å². The summed E-state index contributed by atoms with van der Waals surface area (Å²) in [6.45, 7) is 5.30. The molecule has 1 amide bonds. The zero-order valence-corrected chi connectivity index (χ0v) is 9.98. The van der Waals surface area contributed by atoms with Crippen molar-refractivity contribution in [3.63, 3.8) is 0 Å². The van der Waals surface area contributed by atoms with Gasteiger partial charge in [-0.1, -0.05) is 0 Å². The lowest BCUT2D eigenvalue weighted by atomic mass is 10.2. The molecule has 1 aliphatic heterocycles. The lowest BCUT2D eigenvalue weighted by Gasteiger charge is -2.25. The normalized spacial score (nSPS) is 20.9. The molecule has 1 unspecified atom stereocenters. The van der Waals surface area contributed by atoms with Gasteiger partial charge in [0.2, 0.25) is 0 Å². The highest BCUT2D eigenvalue weighted by molar-refractivity contribution is 5.84. The van der Waals surface area contributed by atoms with Crippen LogP contribution in [0.1, 0.15) is 20.8 Å². The maximum atomic E-state index is 11.7. The first kappa shape index (κ1) is 12.8. The van der Waals surface area contributed by atoms with Crippen LogP contribution in [0.25, 0.3) is 0 Å². The van der Waals surface area contributed by atoms with Crippen molar-refractivity contribution in [3.8, 4) is 0 Å². The Balaban J connectivity index is 2.65. The molecule has 0 aliphatic carbocycles. The number of esters is 1. The average Bonchev–Trinajstić information content (AvgIpc) is 2.46.